The summed E-state index contributed by atoms with van der Waals surface area (Å²) in [6.07, 6.45) is 0. The second-order valence-corrected chi connectivity index (χ2v) is 1.86. The van der Waals surface area contributed by atoms with Crippen molar-refractivity contribution in [2.24, 2.45) is 5.11 Å². The second kappa shape index (κ2) is 2.20. The van der Waals surface area contributed by atoms with Gasteiger partial charge in [-0.15, -0.1) is 0 Å². The molecule has 0 amide bonds. The first-order valence-electron chi connectivity index (χ1n) is 2.10. The minimum Gasteiger partial charge on any atom is -0.198 e. The summed E-state index contributed by atoms with van der Waals surface area (Å²) in [5, 5.41) is 11.4. The Morgan fingerprint density at radius 3 is 2.38 bits per heavy atom. The fourth-order valence-electron chi connectivity index (χ4n) is 0.134. The number of rotatable bonds is 1. The Hall–Kier alpha value is -1.20. The molecule has 0 saturated heterocycles. The average molecular weight is 110 g/mol. The third-order valence-corrected chi connectivity index (χ3v) is 0.568. The van der Waals surface area contributed by atoms with Gasteiger partial charge in [0.15, 0.2) is 0 Å². The molecule has 0 aliphatic rings. The van der Waals surface area contributed by atoms with Crippen molar-refractivity contribution in [2.45, 2.75) is 19.4 Å². The van der Waals surface area contributed by atoms with E-state index < -0.39 is 5.54 Å². The van der Waals surface area contributed by atoms with Crippen LogP contribution in [0.4, 0.5) is 0 Å². The van der Waals surface area contributed by atoms with Gasteiger partial charge in [-0.05, 0) is 19.4 Å². The smallest absolute Gasteiger partial charge is 0.130 e. The largest absolute Gasteiger partial charge is 0.198 e. The zero-order valence-electron chi connectivity index (χ0n) is 4.79. The topological polar surface area (TPSA) is 72.5 Å². The summed E-state index contributed by atoms with van der Waals surface area (Å²) in [5.41, 5.74) is 6.95. The van der Waals surface area contributed by atoms with Crippen molar-refractivity contribution in [1.82, 2.24) is 0 Å². The van der Waals surface area contributed by atoms with E-state index in [-0.39, 0.29) is 0 Å². The molecule has 0 heterocycles. The molecular weight excluding hydrogens is 104 g/mol. The Balaban J connectivity index is 4.19. The van der Waals surface area contributed by atoms with E-state index in [1.165, 1.54) is 0 Å². The lowest BCUT2D eigenvalue weighted by Gasteiger charge is -2.01. The molecule has 4 heteroatoms. The summed E-state index contributed by atoms with van der Waals surface area (Å²) in [4.78, 5) is 2.48. The maximum atomic E-state index is 8.21. The molecule has 0 aliphatic heterocycles. The Morgan fingerprint density at radius 2 is 2.25 bits per heavy atom. The van der Waals surface area contributed by atoms with Crippen LogP contribution in [0.15, 0.2) is 5.11 Å². The van der Waals surface area contributed by atoms with Crippen LogP contribution in [0.2, 0.25) is 0 Å². The molecule has 0 unspecified atom stereocenters. The van der Waals surface area contributed by atoms with Crippen molar-refractivity contribution in [3.8, 4) is 6.07 Å². The molecule has 0 aromatic heterocycles. The van der Waals surface area contributed by atoms with Crippen LogP contribution in [0.5, 0.6) is 0 Å². The van der Waals surface area contributed by atoms with Gasteiger partial charge in [0, 0.05) is 4.91 Å². The van der Waals surface area contributed by atoms with Crippen LogP contribution >= 0.6 is 0 Å². The van der Waals surface area contributed by atoms with Crippen LogP contribution in [0.1, 0.15) is 13.8 Å². The number of nitrogens with zero attached hydrogens (tertiary/aromatic N) is 4. The van der Waals surface area contributed by atoms with Crippen LogP contribution in [-0.4, -0.2) is 5.54 Å². The lowest BCUT2D eigenvalue weighted by atomic mass is 10.1. The van der Waals surface area contributed by atoms with Crippen molar-refractivity contribution >= 4 is 0 Å². The third-order valence-electron chi connectivity index (χ3n) is 0.568. The van der Waals surface area contributed by atoms with E-state index in [0.29, 0.717) is 0 Å². The molecule has 0 saturated carbocycles. The summed E-state index contributed by atoms with van der Waals surface area (Å²) in [6.45, 7) is 3.10. The van der Waals surface area contributed by atoms with Crippen LogP contribution in [0, 0.1) is 11.3 Å². The van der Waals surface area contributed by atoms with E-state index in [9.17, 15) is 0 Å². The van der Waals surface area contributed by atoms with E-state index in [4.69, 9.17) is 10.8 Å². The van der Waals surface area contributed by atoms with Gasteiger partial charge in [-0.25, -0.2) is 0 Å². The Kier molecular flexibility index (Phi) is 1.87. The maximum Gasteiger partial charge on any atom is 0.130 e. The van der Waals surface area contributed by atoms with Gasteiger partial charge in [0.2, 0.25) is 0 Å². The molecule has 0 rings (SSSR count). The average Bonchev–Trinajstić information content (AvgIpc) is 1.67. The van der Waals surface area contributed by atoms with Gasteiger partial charge in [-0.2, -0.15) is 5.26 Å². The number of hydrogen-bond donors (Lipinski definition) is 0. The van der Waals surface area contributed by atoms with E-state index in [2.05, 4.69) is 10.0 Å². The molecule has 8 heavy (non-hydrogen) atoms. The highest BCUT2D eigenvalue weighted by Crippen LogP contribution is 2.04. The molecule has 0 spiro atoms. The predicted octanol–water partition coefficient (Wildman–Crippen LogP) is 1.60. The van der Waals surface area contributed by atoms with E-state index in [1.54, 1.807) is 13.8 Å². The van der Waals surface area contributed by atoms with Crippen molar-refractivity contribution in [1.29, 1.82) is 5.26 Å². The first kappa shape index (κ1) is 6.80. The summed E-state index contributed by atoms with van der Waals surface area (Å²) < 4.78 is 0. The summed E-state index contributed by atoms with van der Waals surface area (Å²) in [5.74, 6) is 0. The minimum atomic E-state index is -0.894. The minimum absolute atomic E-state index is 0.894. The summed E-state index contributed by atoms with van der Waals surface area (Å²) in [7, 11) is 0. The van der Waals surface area contributed by atoms with Crippen molar-refractivity contribution in [3.05, 3.63) is 10.4 Å². The number of azide groups is 1. The quantitative estimate of drug-likeness (QED) is 0.287. The molecule has 42 valence electrons. The lowest BCUT2D eigenvalue weighted by Crippen LogP contribution is -2.10. The van der Waals surface area contributed by atoms with Crippen molar-refractivity contribution < 1.29 is 0 Å². The summed E-state index contributed by atoms with van der Waals surface area (Å²) in [6, 6.07) is 1.82. The van der Waals surface area contributed by atoms with Crippen molar-refractivity contribution in [2.75, 3.05) is 0 Å². The highest BCUT2D eigenvalue weighted by atomic mass is 15.2. The first-order chi connectivity index (χ1) is 3.62. The van der Waals surface area contributed by atoms with Crippen molar-refractivity contribution in [3.63, 3.8) is 0 Å². The Labute approximate surface area is 47.4 Å². The van der Waals surface area contributed by atoms with Gasteiger partial charge in [0.25, 0.3) is 0 Å². The summed E-state index contributed by atoms with van der Waals surface area (Å²) >= 11 is 0. The van der Waals surface area contributed by atoms with E-state index in [0.717, 1.165) is 0 Å². The van der Waals surface area contributed by atoms with E-state index in [1.807, 2.05) is 6.07 Å². The van der Waals surface area contributed by atoms with Gasteiger partial charge in [-0.1, -0.05) is 5.11 Å². The molecule has 0 atom stereocenters. The number of nitriles is 1. The Morgan fingerprint density at radius 1 is 1.75 bits per heavy atom. The van der Waals surface area contributed by atoms with Crippen LogP contribution < -0.4 is 0 Å². The standard InChI is InChI=1S/C4H6N4/c1-4(2,3-5)7-8-6/h1-2H3. The normalized spacial score (nSPS) is 9.12. The monoisotopic (exact) mass is 110 g/mol. The van der Waals surface area contributed by atoms with Crippen LogP contribution in [0.25, 0.3) is 10.4 Å². The number of hydrogen-bond acceptors (Lipinski definition) is 2. The molecule has 0 aliphatic carbocycles. The molecule has 0 radical (unpaired) electrons. The second-order valence-electron chi connectivity index (χ2n) is 1.86. The predicted molar refractivity (Wildman–Crippen MR) is 28.8 cm³/mol. The van der Waals surface area contributed by atoms with Gasteiger partial charge >= 0.3 is 0 Å². The highest BCUT2D eigenvalue weighted by molar-refractivity contribution is 4.99. The fraction of sp³-hybridized carbons (Fsp3) is 0.750. The van der Waals surface area contributed by atoms with Gasteiger partial charge in [0.05, 0.1) is 6.07 Å². The van der Waals surface area contributed by atoms with Crippen LogP contribution in [0.3, 0.4) is 0 Å². The molecule has 4 nitrogen and oxygen atoms in total. The first-order valence-corrected chi connectivity index (χ1v) is 2.10. The molecular formula is C4H6N4. The van der Waals surface area contributed by atoms with Gasteiger partial charge in [0.1, 0.15) is 5.54 Å². The van der Waals surface area contributed by atoms with Gasteiger partial charge < -0.3 is 0 Å². The molecule has 0 N–H and O–H groups in total. The molecule has 0 bridgehead atoms. The molecule has 0 aromatic carbocycles. The van der Waals surface area contributed by atoms with Gasteiger partial charge in [-0.3, -0.25) is 0 Å². The zero-order chi connectivity index (χ0) is 6.62. The highest BCUT2D eigenvalue weighted by Gasteiger charge is 2.11. The third kappa shape index (κ3) is 2.06. The lowest BCUT2D eigenvalue weighted by molar-refractivity contribution is 0.664. The van der Waals surface area contributed by atoms with Crippen LogP contribution in [-0.2, 0) is 0 Å². The maximum absolute atomic E-state index is 8.21. The Bertz CT molecular complexity index is 157. The zero-order valence-corrected chi connectivity index (χ0v) is 4.79. The fourth-order valence-corrected chi connectivity index (χ4v) is 0.134. The SMILES string of the molecule is CC(C)(C#N)N=[N+]=[N-]. The molecule has 0 fully saturated rings. The van der Waals surface area contributed by atoms with E-state index >= 15 is 0 Å². The molecule has 0 aromatic rings.